The van der Waals surface area contributed by atoms with Crippen LogP contribution in [0.5, 0.6) is 0 Å². The molecule has 0 spiro atoms. The molecule has 0 unspecified atom stereocenters. The lowest BCUT2D eigenvalue weighted by molar-refractivity contribution is -0.120. The highest BCUT2D eigenvalue weighted by atomic mass is 32.1. The average molecular weight is 316 g/mol. The quantitative estimate of drug-likeness (QED) is 0.890. The van der Waals surface area contributed by atoms with Crippen LogP contribution in [-0.2, 0) is 16.0 Å². The van der Waals surface area contributed by atoms with E-state index < -0.39 is 0 Å². The normalized spacial score (nSPS) is 14.5. The van der Waals surface area contributed by atoms with Crippen molar-refractivity contribution in [2.24, 2.45) is 0 Å². The second kappa shape index (κ2) is 6.57. The molecule has 3 rings (SSSR count). The number of carbonyl (C=O) groups excluding carboxylic acids is 2. The van der Waals surface area contributed by atoms with E-state index in [-0.39, 0.29) is 11.8 Å². The summed E-state index contributed by atoms with van der Waals surface area (Å²) in [6, 6.07) is 7.49. The number of thiophene rings is 1. The van der Waals surface area contributed by atoms with Gasteiger partial charge in [0.05, 0.1) is 24.8 Å². The largest absolute Gasteiger partial charge is 0.353 e. The molecule has 2 aromatic rings. The van der Waals surface area contributed by atoms with Gasteiger partial charge in [0.15, 0.2) is 0 Å². The zero-order valence-electron chi connectivity index (χ0n) is 11.9. The van der Waals surface area contributed by atoms with Crippen LogP contribution in [0.1, 0.15) is 4.88 Å². The molecule has 1 saturated heterocycles. The Labute approximate surface area is 132 Å². The Kier molecular flexibility index (Phi) is 4.34. The Morgan fingerprint density at radius 1 is 1.41 bits per heavy atom. The van der Waals surface area contributed by atoms with E-state index in [1.54, 1.807) is 23.6 Å². The van der Waals surface area contributed by atoms with Gasteiger partial charge in [-0.25, -0.2) is 4.98 Å². The smallest absolute Gasteiger partial charge is 0.239 e. The van der Waals surface area contributed by atoms with Crippen LogP contribution in [0, 0.1) is 0 Å². The highest BCUT2D eigenvalue weighted by Crippen LogP contribution is 2.16. The molecule has 114 valence electrons. The van der Waals surface area contributed by atoms with E-state index in [2.05, 4.69) is 15.6 Å². The van der Waals surface area contributed by atoms with Gasteiger partial charge >= 0.3 is 0 Å². The molecule has 0 atom stereocenters. The third-order valence-electron chi connectivity index (χ3n) is 3.31. The second-order valence-corrected chi connectivity index (χ2v) is 6.01. The Balaban J connectivity index is 1.59. The zero-order valence-corrected chi connectivity index (χ0v) is 12.7. The Morgan fingerprint density at radius 2 is 2.32 bits per heavy atom. The number of carbonyl (C=O) groups is 2. The number of amides is 2. The molecule has 0 radical (unpaired) electrons. The number of nitrogens with zero attached hydrogens (tertiary/aromatic N) is 2. The van der Waals surface area contributed by atoms with Gasteiger partial charge in [0.25, 0.3) is 0 Å². The molecule has 22 heavy (non-hydrogen) atoms. The fourth-order valence-electron chi connectivity index (χ4n) is 2.26. The van der Waals surface area contributed by atoms with Crippen LogP contribution < -0.4 is 15.5 Å². The number of anilines is 2. The lowest BCUT2D eigenvalue weighted by Crippen LogP contribution is -2.48. The average Bonchev–Trinajstić information content (AvgIpc) is 3.01. The minimum atomic E-state index is -0.0608. The molecule has 6 nitrogen and oxygen atoms in total. The topological polar surface area (TPSA) is 74.3 Å². The fraction of sp³-hybridized carbons (Fsp3) is 0.267. The van der Waals surface area contributed by atoms with Crippen LogP contribution >= 0.6 is 11.3 Å². The molecule has 0 aliphatic carbocycles. The van der Waals surface area contributed by atoms with Crippen LogP contribution in [0.4, 0.5) is 11.5 Å². The summed E-state index contributed by atoms with van der Waals surface area (Å²) in [5.41, 5.74) is 0.659. The lowest BCUT2D eigenvalue weighted by atomic mass is 10.3. The van der Waals surface area contributed by atoms with Crippen molar-refractivity contribution in [3.63, 3.8) is 0 Å². The molecule has 3 heterocycles. The number of aromatic nitrogens is 1. The Morgan fingerprint density at radius 3 is 3.00 bits per heavy atom. The predicted molar refractivity (Wildman–Crippen MR) is 86.1 cm³/mol. The van der Waals surface area contributed by atoms with Crippen LogP contribution in [0.25, 0.3) is 0 Å². The first kappa shape index (κ1) is 14.5. The monoisotopic (exact) mass is 316 g/mol. The summed E-state index contributed by atoms with van der Waals surface area (Å²) in [5, 5.41) is 7.55. The maximum Gasteiger partial charge on any atom is 0.239 e. The van der Waals surface area contributed by atoms with E-state index in [4.69, 9.17) is 0 Å². The molecule has 0 bridgehead atoms. The fourth-order valence-corrected chi connectivity index (χ4v) is 2.96. The maximum atomic E-state index is 11.9. The van der Waals surface area contributed by atoms with Gasteiger partial charge in [0, 0.05) is 18.0 Å². The standard InChI is InChI=1S/C15H16N4O2S/c20-14(8-12-2-1-7-22-12)18-11-3-4-13(17-9-11)19-6-5-16-15(21)10-19/h1-4,7,9H,5-6,8,10H2,(H,16,21)(H,18,20). The molecule has 0 saturated carbocycles. The second-order valence-electron chi connectivity index (χ2n) is 4.98. The number of hydrogen-bond donors (Lipinski definition) is 2. The Hall–Kier alpha value is -2.41. The van der Waals surface area contributed by atoms with E-state index in [1.807, 2.05) is 28.5 Å². The van der Waals surface area contributed by atoms with Gasteiger partial charge in [0.1, 0.15) is 5.82 Å². The number of pyridine rings is 1. The van der Waals surface area contributed by atoms with Gasteiger partial charge in [0.2, 0.25) is 11.8 Å². The minimum Gasteiger partial charge on any atom is -0.353 e. The lowest BCUT2D eigenvalue weighted by Gasteiger charge is -2.27. The number of rotatable bonds is 4. The summed E-state index contributed by atoms with van der Waals surface area (Å²) < 4.78 is 0. The van der Waals surface area contributed by atoms with Crippen LogP contribution in [0.3, 0.4) is 0 Å². The molecule has 0 aromatic carbocycles. The molecule has 2 amide bonds. The van der Waals surface area contributed by atoms with Crippen molar-refractivity contribution in [2.75, 3.05) is 29.9 Å². The number of piperazine rings is 1. The summed E-state index contributed by atoms with van der Waals surface area (Å²) in [6.07, 6.45) is 1.99. The van der Waals surface area contributed by atoms with Crippen molar-refractivity contribution >= 4 is 34.7 Å². The third kappa shape index (κ3) is 3.62. The van der Waals surface area contributed by atoms with Gasteiger partial charge < -0.3 is 15.5 Å². The molecule has 1 aliphatic heterocycles. The summed E-state index contributed by atoms with van der Waals surface area (Å²) in [5.74, 6) is 0.682. The zero-order chi connectivity index (χ0) is 15.4. The van der Waals surface area contributed by atoms with Crippen LogP contribution in [0.15, 0.2) is 35.8 Å². The molecule has 7 heteroatoms. The molecule has 2 N–H and O–H groups in total. The first-order valence-corrected chi connectivity index (χ1v) is 7.88. The van der Waals surface area contributed by atoms with Crippen molar-refractivity contribution in [1.82, 2.24) is 10.3 Å². The number of hydrogen-bond acceptors (Lipinski definition) is 5. The molecule has 2 aromatic heterocycles. The van der Waals surface area contributed by atoms with Crippen molar-refractivity contribution in [3.05, 3.63) is 40.7 Å². The molecule has 1 fully saturated rings. The first-order valence-electron chi connectivity index (χ1n) is 7.00. The van der Waals surface area contributed by atoms with Crippen molar-refractivity contribution < 1.29 is 9.59 Å². The molecular weight excluding hydrogens is 300 g/mol. The first-order chi connectivity index (χ1) is 10.7. The van der Waals surface area contributed by atoms with Crippen molar-refractivity contribution in [2.45, 2.75) is 6.42 Å². The summed E-state index contributed by atoms with van der Waals surface area (Å²) in [6.45, 7) is 1.68. The maximum absolute atomic E-state index is 11.9. The molecular formula is C15H16N4O2S. The van der Waals surface area contributed by atoms with Crippen molar-refractivity contribution in [1.29, 1.82) is 0 Å². The highest BCUT2D eigenvalue weighted by Gasteiger charge is 2.17. The van der Waals surface area contributed by atoms with Gasteiger partial charge in [-0.05, 0) is 23.6 Å². The third-order valence-corrected chi connectivity index (χ3v) is 4.19. The number of nitrogens with one attached hydrogen (secondary N) is 2. The van der Waals surface area contributed by atoms with Crippen LogP contribution in [0.2, 0.25) is 0 Å². The van der Waals surface area contributed by atoms with Crippen LogP contribution in [-0.4, -0.2) is 36.4 Å². The summed E-state index contributed by atoms with van der Waals surface area (Å²) in [7, 11) is 0. The van der Waals surface area contributed by atoms with Gasteiger partial charge in [-0.3, -0.25) is 9.59 Å². The van der Waals surface area contributed by atoms with Gasteiger partial charge in [-0.15, -0.1) is 11.3 Å². The van der Waals surface area contributed by atoms with E-state index in [0.717, 1.165) is 17.2 Å². The van der Waals surface area contributed by atoms with E-state index in [1.165, 1.54) is 0 Å². The highest BCUT2D eigenvalue weighted by molar-refractivity contribution is 7.10. The summed E-state index contributed by atoms with van der Waals surface area (Å²) in [4.78, 5) is 30.6. The van der Waals surface area contributed by atoms with E-state index in [0.29, 0.717) is 25.2 Å². The molecule has 1 aliphatic rings. The Bertz CT molecular complexity index is 655. The predicted octanol–water partition coefficient (Wildman–Crippen LogP) is 1.26. The summed E-state index contributed by atoms with van der Waals surface area (Å²) >= 11 is 1.56. The SMILES string of the molecule is O=C1CN(c2ccc(NC(=O)Cc3cccs3)cn2)CCN1. The minimum absolute atomic E-state index is 0.00128. The van der Waals surface area contributed by atoms with Crippen molar-refractivity contribution in [3.8, 4) is 0 Å². The van der Waals surface area contributed by atoms with Gasteiger partial charge in [-0.2, -0.15) is 0 Å². The van der Waals surface area contributed by atoms with Gasteiger partial charge in [-0.1, -0.05) is 6.07 Å². The van der Waals surface area contributed by atoms with E-state index in [9.17, 15) is 9.59 Å². The van der Waals surface area contributed by atoms with E-state index >= 15 is 0 Å².